The Morgan fingerprint density at radius 2 is 2.05 bits per heavy atom. The Morgan fingerprint density at radius 3 is 2.79 bits per heavy atom. The molecule has 19 heavy (non-hydrogen) atoms. The largest absolute Gasteiger partial charge is 0.452 e. The molecule has 0 saturated heterocycles. The Morgan fingerprint density at radius 1 is 1.21 bits per heavy atom. The van der Waals surface area contributed by atoms with Crippen LogP contribution in [0.15, 0.2) is 52.3 Å². The average molecular weight is 268 g/mol. The monoisotopic (exact) mass is 268 g/mol. The highest BCUT2D eigenvalue weighted by molar-refractivity contribution is 7.10. The lowest BCUT2D eigenvalue weighted by Gasteiger charge is -1.91. The first-order valence-electron chi connectivity index (χ1n) is 6.00. The molecule has 0 saturated carbocycles. The van der Waals surface area contributed by atoms with Crippen molar-refractivity contribution in [1.29, 1.82) is 0 Å². The first-order chi connectivity index (χ1) is 9.25. The van der Waals surface area contributed by atoms with Crippen LogP contribution in [0, 0.1) is 6.92 Å². The highest BCUT2D eigenvalue weighted by Crippen LogP contribution is 2.25. The number of rotatable bonds is 3. The molecule has 0 aliphatic rings. The van der Waals surface area contributed by atoms with Gasteiger partial charge in [-0.3, -0.25) is 4.79 Å². The minimum absolute atomic E-state index is 0.0953. The van der Waals surface area contributed by atoms with Gasteiger partial charge in [0.15, 0.2) is 5.76 Å². The standard InChI is InChI=1S/C16H12O2S/c1-11-13-6-2-3-7-15(13)18-16(11)14(17)9-8-12-5-4-10-19-12/h2-10H,1H3/b9-8+. The lowest BCUT2D eigenvalue weighted by atomic mass is 10.1. The van der Waals surface area contributed by atoms with Crippen LogP contribution < -0.4 is 0 Å². The van der Waals surface area contributed by atoms with Crippen molar-refractivity contribution in [1.82, 2.24) is 0 Å². The van der Waals surface area contributed by atoms with Gasteiger partial charge in [0, 0.05) is 15.8 Å². The molecular weight excluding hydrogens is 256 g/mol. The number of allylic oxidation sites excluding steroid dienone is 1. The summed E-state index contributed by atoms with van der Waals surface area (Å²) in [5.74, 6) is 0.330. The summed E-state index contributed by atoms with van der Waals surface area (Å²) in [5, 5.41) is 2.98. The molecule has 0 atom stereocenters. The molecule has 0 spiro atoms. The van der Waals surface area contributed by atoms with Crippen molar-refractivity contribution in [2.24, 2.45) is 0 Å². The van der Waals surface area contributed by atoms with Crippen LogP contribution in [0.2, 0.25) is 0 Å². The van der Waals surface area contributed by atoms with Crippen LogP contribution in [0.5, 0.6) is 0 Å². The van der Waals surface area contributed by atoms with Gasteiger partial charge in [-0.1, -0.05) is 24.3 Å². The molecule has 0 fully saturated rings. The van der Waals surface area contributed by atoms with Crippen LogP contribution in [0.1, 0.15) is 21.0 Å². The summed E-state index contributed by atoms with van der Waals surface area (Å²) >= 11 is 1.60. The van der Waals surface area contributed by atoms with Gasteiger partial charge in [-0.2, -0.15) is 0 Å². The van der Waals surface area contributed by atoms with E-state index in [1.54, 1.807) is 17.4 Å². The molecule has 2 nitrogen and oxygen atoms in total. The zero-order chi connectivity index (χ0) is 13.2. The SMILES string of the molecule is Cc1c(C(=O)/C=C/c2cccs2)oc2ccccc12. The highest BCUT2D eigenvalue weighted by Gasteiger charge is 2.14. The van der Waals surface area contributed by atoms with E-state index >= 15 is 0 Å². The zero-order valence-corrected chi connectivity index (χ0v) is 11.2. The Bertz CT molecular complexity index is 748. The van der Waals surface area contributed by atoms with Crippen molar-refractivity contribution in [3.63, 3.8) is 0 Å². The van der Waals surface area contributed by atoms with Gasteiger partial charge in [0.05, 0.1) is 0 Å². The maximum atomic E-state index is 12.2. The Labute approximate surface area is 115 Å². The first kappa shape index (κ1) is 11.9. The van der Waals surface area contributed by atoms with E-state index in [4.69, 9.17) is 4.42 Å². The third kappa shape index (κ3) is 2.25. The van der Waals surface area contributed by atoms with Crippen molar-refractivity contribution in [2.75, 3.05) is 0 Å². The number of carbonyl (C=O) groups is 1. The van der Waals surface area contributed by atoms with E-state index in [1.807, 2.05) is 54.8 Å². The second kappa shape index (κ2) is 4.86. The van der Waals surface area contributed by atoms with E-state index in [2.05, 4.69) is 0 Å². The van der Waals surface area contributed by atoms with Gasteiger partial charge in [0.25, 0.3) is 0 Å². The highest BCUT2D eigenvalue weighted by atomic mass is 32.1. The van der Waals surface area contributed by atoms with Gasteiger partial charge >= 0.3 is 0 Å². The smallest absolute Gasteiger partial charge is 0.221 e. The maximum absolute atomic E-state index is 12.2. The number of fused-ring (bicyclic) bond motifs is 1. The van der Waals surface area contributed by atoms with Crippen LogP contribution in [0.25, 0.3) is 17.0 Å². The minimum atomic E-state index is -0.0953. The molecule has 3 heteroatoms. The van der Waals surface area contributed by atoms with E-state index in [-0.39, 0.29) is 5.78 Å². The van der Waals surface area contributed by atoms with Gasteiger partial charge in [-0.25, -0.2) is 0 Å². The number of aryl methyl sites for hydroxylation is 1. The average Bonchev–Trinajstić information content (AvgIpc) is 3.05. The summed E-state index contributed by atoms with van der Waals surface area (Å²) < 4.78 is 5.63. The van der Waals surface area contributed by atoms with Gasteiger partial charge in [0.2, 0.25) is 5.78 Å². The molecule has 0 amide bonds. The Kier molecular flexibility index (Phi) is 3.05. The van der Waals surface area contributed by atoms with Gasteiger partial charge in [0.1, 0.15) is 5.58 Å². The molecule has 0 unspecified atom stereocenters. The molecule has 3 rings (SSSR count). The van der Waals surface area contributed by atoms with E-state index in [0.29, 0.717) is 5.76 Å². The zero-order valence-electron chi connectivity index (χ0n) is 10.4. The third-order valence-electron chi connectivity index (χ3n) is 3.01. The molecule has 94 valence electrons. The number of ketones is 1. The van der Waals surface area contributed by atoms with Gasteiger partial charge in [-0.15, -0.1) is 11.3 Å². The number of hydrogen-bond donors (Lipinski definition) is 0. The van der Waals surface area contributed by atoms with Crippen LogP contribution in [-0.2, 0) is 0 Å². The molecule has 0 radical (unpaired) electrons. The molecule has 0 aliphatic heterocycles. The summed E-state index contributed by atoms with van der Waals surface area (Å²) in [6.07, 6.45) is 3.39. The van der Waals surface area contributed by atoms with Crippen molar-refractivity contribution in [2.45, 2.75) is 6.92 Å². The van der Waals surface area contributed by atoms with E-state index in [9.17, 15) is 4.79 Å². The molecule has 0 N–H and O–H groups in total. The minimum Gasteiger partial charge on any atom is -0.452 e. The molecular formula is C16H12O2S. The van der Waals surface area contributed by atoms with Crippen LogP contribution in [0.4, 0.5) is 0 Å². The maximum Gasteiger partial charge on any atom is 0.221 e. The van der Waals surface area contributed by atoms with Crippen molar-refractivity contribution < 1.29 is 9.21 Å². The Hall–Kier alpha value is -2.13. The summed E-state index contributed by atoms with van der Waals surface area (Å²) in [6, 6.07) is 11.6. The number of benzene rings is 1. The van der Waals surface area contributed by atoms with Crippen molar-refractivity contribution in [3.8, 4) is 0 Å². The van der Waals surface area contributed by atoms with Gasteiger partial charge < -0.3 is 4.42 Å². The van der Waals surface area contributed by atoms with Crippen molar-refractivity contribution in [3.05, 3.63) is 64.1 Å². The molecule has 3 aromatic rings. The number of hydrogen-bond acceptors (Lipinski definition) is 3. The topological polar surface area (TPSA) is 30.2 Å². The van der Waals surface area contributed by atoms with Crippen LogP contribution in [0.3, 0.4) is 0 Å². The molecule has 0 aliphatic carbocycles. The van der Waals surface area contributed by atoms with Crippen LogP contribution in [-0.4, -0.2) is 5.78 Å². The fourth-order valence-corrected chi connectivity index (χ4v) is 2.65. The van der Waals surface area contributed by atoms with E-state index < -0.39 is 0 Å². The second-order valence-electron chi connectivity index (χ2n) is 4.27. The molecule has 0 bridgehead atoms. The van der Waals surface area contributed by atoms with Crippen molar-refractivity contribution >= 4 is 34.2 Å². The molecule has 2 aromatic heterocycles. The summed E-state index contributed by atoms with van der Waals surface area (Å²) in [4.78, 5) is 13.2. The second-order valence-corrected chi connectivity index (χ2v) is 5.24. The summed E-state index contributed by atoms with van der Waals surface area (Å²) in [6.45, 7) is 1.91. The number of furan rings is 1. The number of carbonyl (C=O) groups excluding carboxylic acids is 1. The summed E-state index contributed by atoms with van der Waals surface area (Å²) in [5.41, 5.74) is 1.66. The third-order valence-corrected chi connectivity index (χ3v) is 3.85. The van der Waals surface area contributed by atoms with E-state index in [0.717, 1.165) is 21.4 Å². The lowest BCUT2D eigenvalue weighted by Crippen LogP contribution is -1.93. The predicted molar refractivity (Wildman–Crippen MR) is 78.6 cm³/mol. The normalized spacial score (nSPS) is 11.4. The van der Waals surface area contributed by atoms with E-state index in [1.165, 1.54) is 0 Å². The fraction of sp³-hybridized carbons (Fsp3) is 0.0625. The lowest BCUT2D eigenvalue weighted by molar-refractivity contribution is 0.102. The fourth-order valence-electron chi connectivity index (χ4n) is 2.03. The number of para-hydroxylation sites is 1. The quantitative estimate of drug-likeness (QED) is 0.509. The van der Waals surface area contributed by atoms with Gasteiger partial charge in [-0.05, 0) is 36.6 Å². The predicted octanol–water partition coefficient (Wildman–Crippen LogP) is 4.70. The van der Waals surface area contributed by atoms with Crippen LogP contribution >= 0.6 is 11.3 Å². The molecule has 1 aromatic carbocycles. The Balaban J connectivity index is 1.96. The first-order valence-corrected chi connectivity index (χ1v) is 6.88. The number of thiophene rings is 1. The summed E-state index contributed by atoms with van der Waals surface area (Å²) in [7, 11) is 0. The molecule has 2 heterocycles.